The second-order valence-electron chi connectivity index (χ2n) is 7.50. The van der Waals surface area contributed by atoms with E-state index in [4.69, 9.17) is 16.4 Å². The number of halogens is 1. The molecule has 3 amide bonds. The predicted molar refractivity (Wildman–Crippen MR) is 113 cm³/mol. The second-order valence-corrected chi connectivity index (χ2v) is 7.93. The highest BCUT2D eigenvalue weighted by Gasteiger charge is 2.45. The van der Waals surface area contributed by atoms with Crippen LogP contribution in [0.3, 0.4) is 0 Å². The van der Waals surface area contributed by atoms with Crippen molar-refractivity contribution in [3.05, 3.63) is 59.4 Å². The third-order valence-corrected chi connectivity index (χ3v) is 5.45. The fourth-order valence-corrected chi connectivity index (χ4v) is 3.78. The molecular weight excluding hydrogens is 406 g/mol. The van der Waals surface area contributed by atoms with Crippen molar-refractivity contribution in [3.8, 4) is 0 Å². The standard InChI is InChI=1S/C21H22ClN5O3/c22-16-4-6-17(7-5-16)25-20(29)27-10-2-8-21(14-27)11-18(26-30-21)19(28)24-13-15-3-1-9-23-12-15/h1,3-7,9,12H,2,8,10-11,13-14H2,(H,24,28)(H,25,29)/t21-/m0/s1. The minimum atomic E-state index is -0.656. The molecule has 0 bridgehead atoms. The minimum absolute atomic E-state index is 0.213. The summed E-state index contributed by atoms with van der Waals surface area (Å²) < 4.78 is 0. The Labute approximate surface area is 179 Å². The van der Waals surface area contributed by atoms with Gasteiger partial charge in [0.15, 0.2) is 5.60 Å². The lowest BCUT2D eigenvalue weighted by molar-refractivity contribution is -0.115. The molecule has 3 heterocycles. The molecule has 2 aromatic rings. The number of pyridine rings is 1. The van der Waals surface area contributed by atoms with Gasteiger partial charge in [0.05, 0.1) is 6.54 Å². The number of urea groups is 1. The number of carbonyl (C=O) groups excluding carboxylic acids is 2. The van der Waals surface area contributed by atoms with Crippen LogP contribution in [0.4, 0.5) is 10.5 Å². The van der Waals surface area contributed by atoms with Crippen molar-refractivity contribution >= 4 is 34.9 Å². The van der Waals surface area contributed by atoms with Crippen LogP contribution >= 0.6 is 11.6 Å². The minimum Gasteiger partial charge on any atom is -0.386 e. The predicted octanol–water partition coefficient (Wildman–Crippen LogP) is 3.19. The third-order valence-electron chi connectivity index (χ3n) is 5.20. The molecule has 0 saturated carbocycles. The SMILES string of the molecule is O=C(NCc1cccnc1)C1=NO[C@@]2(CCCN(C(=O)Nc3ccc(Cl)cc3)C2)C1. The Morgan fingerprint density at radius 3 is 2.83 bits per heavy atom. The van der Waals surface area contributed by atoms with Crippen molar-refractivity contribution in [2.24, 2.45) is 5.16 Å². The Morgan fingerprint density at radius 1 is 1.23 bits per heavy atom. The molecule has 1 saturated heterocycles. The summed E-state index contributed by atoms with van der Waals surface area (Å²) in [6, 6.07) is 10.4. The van der Waals surface area contributed by atoms with Crippen LogP contribution in [0.2, 0.25) is 5.02 Å². The van der Waals surface area contributed by atoms with E-state index in [9.17, 15) is 9.59 Å². The van der Waals surface area contributed by atoms with Crippen molar-refractivity contribution in [1.82, 2.24) is 15.2 Å². The number of anilines is 1. The zero-order chi connectivity index (χ0) is 21.0. The van der Waals surface area contributed by atoms with E-state index >= 15 is 0 Å². The molecule has 2 aliphatic heterocycles. The van der Waals surface area contributed by atoms with Gasteiger partial charge in [-0.25, -0.2) is 4.79 Å². The molecule has 1 atom stereocenters. The maximum atomic E-state index is 12.7. The van der Waals surface area contributed by atoms with Crippen LogP contribution < -0.4 is 10.6 Å². The Morgan fingerprint density at radius 2 is 2.07 bits per heavy atom. The highest BCUT2D eigenvalue weighted by atomic mass is 35.5. The number of oxime groups is 1. The summed E-state index contributed by atoms with van der Waals surface area (Å²) in [6.07, 6.45) is 5.26. The number of piperidine rings is 1. The van der Waals surface area contributed by atoms with Crippen molar-refractivity contribution in [2.45, 2.75) is 31.4 Å². The lowest BCUT2D eigenvalue weighted by Crippen LogP contribution is -2.52. The first-order valence-electron chi connectivity index (χ1n) is 9.77. The average Bonchev–Trinajstić information content (AvgIpc) is 3.17. The van der Waals surface area contributed by atoms with Crippen molar-refractivity contribution in [2.75, 3.05) is 18.4 Å². The molecule has 0 unspecified atom stereocenters. The van der Waals surface area contributed by atoms with Crippen molar-refractivity contribution in [3.63, 3.8) is 0 Å². The van der Waals surface area contributed by atoms with Crippen molar-refractivity contribution < 1.29 is 14.4 Å². The number of nitrogens with zero attached hydrogens (tertiary/aromatic N) is 3. The summed E-state index contributed by atoms with van der Waals surface area (Å²) in [5.41, 5.74) is 1.26. The second kappa shape index (κ2) is 8.71. The fraction of sp³-hybridized carbons (Fsp3) is 0.333. The van der Waals surface area contributed by atoms with Gasteiger partial charge in [-0.1, -0.05) is 22.8 Å². The molecular formula is C21H22ClN5O3. The number of hydrogen-bond acceptors (Lipinski definition) is 5. The Kier molecular flexibility index (Phi) is 5.85. The smallest absolute Gasteiger partial charge is 0.321 e. The molecule has 8 nitrogen and oxygen atoms in total. The van der Waals surface area contributed by atoms with Crippen LogP contribution in [-0.2, 0) is 16.2 Å². The van der Waals surface area contributed by atoms with Gasteiger partial charge >= 0.3 is 6.03 Å². The Balaban J connectivity index is 1.32. The zero-order valence-corrected chi connectivity index (χ0v) is 17.1. The van der Waals surface area contributed by atoms with Crippen LogP contribution in [0.5, 0.6) is 0 Å². The normalized spacial score (nSPS) is 20.4. The number of likely N-dealkylation sites (tertiary alicyclic amines) is 1. The van der Waals surface area contributed by atoms with Crippen LogP contribution in [0.1, 0.15) is 24.8 Å². The van der Waals surface area contributed by atoms with E-state index in [1.807, 2.05) is 12.1 Å². The molecule has 0 aliphatic carbocycles. The maximum Gasteiger partial charge on any atom is 0.321 e. The Hall–Kier alpha value is -3.13. The van der Waals surface area contributed by atoms with Gasteiger partial charge in [0.25, 0.3) is 5.91 Å². The number of benzene rings is 1. The molecule has 0 radical (unpaired) electrons. The molecule has 1 spiro atoms. The quantitative estimate of drug-likeness (QED) is 0.783. The average molecular weight is 428 g/mol. The van der Waals surface area contributed by atoms with Gasteiger partial charge in [0.2, 0.25) is 0 Å². The van der Waals surface area contributed by atoms with E-state index in [2.05, 4.69) is 20.8 Å². The summed E-state index contributed by atoms with van der Waals surface area (Å²) >= 11 is 5.89. The van der Waals surface area contributed by atoms with Crippen LogP contribution in [0, 0.1) is 0 Å². The first-order chi connectivity index (χ1) is 14.5. The zero-order valence-electron chi connectivity index (χ0n) is 16.3. The highest BCUT2D eigenvalue weighted by molar-refractivity contribution is 6.39. The first-order valence-corrected chi connectivity index (χ1v) is 10.1. The van der Waals surface area contributed by atoms with E-state index in [0.717, 1.165) is 18.4 Å². The van der Waals surface area contributed by atoms with Gasteiger partial charge in [0, 0.05) is 42.6 Å². The van der Waals surface area contributed by atoms with Gasteiger partial charge in [-0.15, -0.1) is 0 Å². The molecule has 9 heteroatoms. The van der Waals surface area contributed by atoms with Gasteiger partial charge < -0.3 is 20.4 Å². The molecule has 156 valence electrons. The maximum absolute atomic E-state index is 12.7. The number of carbonyl (C=O) groups is 2. The monoisotopic (exact) mass is 427 g/mol. The van der Waals surface area contributed by atoms with Gasteiger partial charge in [-0.3, -0.25) is 9.78 Å². The summed E-state index contributed by atoms with van der Waals surface area (Å²) in [6.45, 7) is 1.36. The molecule has 2 N–H and O–H groups in total. The number of amides is 3. The lowest BCUT2D eigenvalue weighted by Gasteiger charge is -2.38. The molecule has 2 aliphatic rings. The number of hydrogen-bond donors (Lipinski definition) is 2. The highest BCUT2D eigenvalue weighted by Crippen LogP contribution is 2.33. The molecule has 4 rings (SSSR count). The molecule has 1 aromatic heterocycles. The fourth-order valence-electron chi connectivity index (χ4n) is 3.66. The van der Waals surface area contributed by atoms with Crippen LogP contribution in [-0.4, -0.2) is 46.2 Å². The lowest BCUT2D eigenvalue weighted by atomic mass is 9.88. The van der Waals surface area contributed by atoms with E-state index in [0.29, 0.717) is 42.5 Å². The third kappa shape index (κ3) is 4.71. The van der Waals surface area contributed by atoms with E-state index in [1.54, 1.807) is 41.6 Å². The summed E-state index contributed by atoms with van der Waals surface area (Å²) in [5, 5.41) is 10.3. The number of nitrogens with one attached hydrogen (secondary N) is 2. The van der Waals surface area contributed by atoms with E-state index in [-0.39, 0.29) is 11.9 Å². The van der Waals surface area contributed by atoms with Crippen molar-refractivity contribution in [1.29, 1.82) is 0 Å². The Bertz CT molecular complexity index is 951. The first kappa shape index (κ1) is 20.2. The number of rotatable bonds is 4. The van der Waals surface area contributed by atoms with Gasteiger partial charge in [-0.2, -0.15) is 0 Å². The van der Waals surface area contributed by atoms with Gasteiger partial charge in [-0.05, 0) is 48.7 Å². The molecule has 30 heavy (non-hydrogen) atoms. The van der Waals surface area contributed by atoms with E-state index < -0.39 is 5.60 Å². The summed E-state index contributed by atoms with van der Waals surface area (Å²) in [5.74, 6) is -0.265. The summed E-state index contributed by atoms with van der Waals surface area (Å²) in [7, 11) is 0. The van der Waals surface area contributed by atoms with Gasteiger partial charge in [0.1, 0.15) is 5.71 Å². The van der Waals surface area contributed by atoms with E-state index in [1.165, 1.54) is 0 Å². The largest absolute Gasteiger partial charge is 0.386 e. The summed E-state index contributed by atoms with van der Waals surface area (Å²) in [4.78, 5) is 36.6. The van der Waals surface area contributed by atoms with Crippen LogP contribution in [0.25, 0.3) is 0 Å². The van der Waals surface area contributed by atoms with Crippen LogP contribution in [0.15, 0.2) is 53.9 Å². The molecule has 1 aromatic carbocycles. The number of aromatic nitrogens is 1. The molecule has 1 fully saturated rings. The topological polar surface area (TPSA) is 95.9 Å².